The van der Waals surface area contributed by atoms with Crippen LogP contribution >= 0.6 is 0 Å². The summed E-state index contributed by atoms with van der Waals surface area (Å²) in [4.78, 5) is 12.4. The van der Waals surface area contributed by atoms with Gasteiger partial charge in [-0.25, -0.2) is 0 Å². The highest BCUT2D eigenvalue weighted by Crippen LogP contribution is 2.26. The second kappa shape index (κ2) is 4.49. The first-order chi connectivity index (χ1) is 9.08. The van der Waals surface area contributed by atoms with E-state index in [1.807, 2.05) is 14.0 Å². The van der Waals surface area contributed by atoms with E-state index in [4.69, 9.17) is 0 Å². The molecule has 1 aromatic heterocycles. The van der Waals surface area contributed by atoms with Crippen molar-refractivity contribution in [3.05, 3.63) is 35.0 Å². The molecule has 0 saturated heterocycles. The highest BCUT2D eigenvalue weighted by Gasteiger charge is 2.23. The van der Waals surface area contributed by atoms with Crippen molar-refractivity contribution in [1.82, 2.24) is 9.88 Å². The standard InChI is InChI=1S/C16H20N2O/c1-10-4-7-13-14(8-10)18(3)11(2)16(13)15(19)9-17-12-5-6-12/h4,7-8,12,17H,5-6,9H2,1-3H3. The lowest BCUT2D eigenvalue weighted by Crippen LogP contribution is -2.25. The Morgan fingerprint density at radius 2 is 2.11 bits per heavy atom. The molecule has 0 amide bonds. The van der Waals surface area contributed by atoms with Crippen LogP contribution in [0.2, 0.25) is 0 Å². The van der Waals surface area contributed by atoms with E-state index in [9.17, 15) is 4.79 Å². The number of Topliss-reactive ketones (excluding diaryl/α,β-unsaturated/α-hetero) is 1. The molecular weight excluding hydrogens is 236 g/mol. The molecule has 0 bridgehead atoms. The zero-order chi connectivity index (χ0) is 13.6. The molecule has 3 rings (SSSR count). The molecule has 1 heterocycles. The van der Waals surface area contributed by atoms with Crippen molar-refractivity contribution in [2.75, 3.05) is 6.54 Å². The number of carbonyl (C=O) groups excluding carboxylic acids is 1. The summed E-state index contributed by atoms with van der Waals surface area (Å²) in [5, 5.41) is 4.39. The molecule has 100 valence electrons. The van der Waals surface area contributed by atoms with Gasteiger partial charge in [0.1, 0.15) is 0 Å². The topological polar surface area (TPSA) is 34.0 Å². The number of aryl methyl sites for hydroxylation is 2. The Bertz CT molecular complexity index is 650. The summed E-state index contributed by atoms with van der Waals surface area (Å²) in [5.41, 5.74) is 4.31. The molecule has 1 aliphatic carbocycles. The molecule has 1 fully saturated rings. The van der Waals surface area contributed by atoms with E-state index in [2.05, 4.69) is 35.0 Å². The SMILES string of the molecule is Cc1ccc2c(C(=O)CNC3CC3)c(C)n(C)c2c1. The fraction of sp³-hybridized carbons (Fsp3) is 0.438. The fourth-order valence-electron chi connectivity index (χ4n) is 2.64. The van der Waals surface area contributed by atoms with Crippen LogP contribution in [0, 0.1) is 13.8 Å². The van der Waals surface area contributed by atoms with Crippen LogP contribution in [0.3, 0.4) is 0 Å². The minimum absolute atomic E-state index is 0.207. The number of benzene rings is 1. The lowest BCUT2D eigenvalue weighted by molar-refractivity contribution is 0.0991. The molecule has 3 heteroatoms. The van der Waals surface area contributed by atoms with Crippen LogP contribution in [0.4, 0.5) is 0 Å². The minimum Gasteiger partial charge on any atom is -0.347 e. The van der Waals surface area contributed by atoms with Crippen LogP contribution in [-0.2, 0) is 7.05 Å². The first-order valence-corrected chi connectivity index (χ1v) is 6.90. The van der Waals surface area contributed by atoms with E-state index in [-0.39, 0.29) is 5.78 Å². The highest BCUT2D eigenvalue weighted by molar-refractivity contribution is 6.10. The van der Waals surface area contributed by atoms with Crippen LogP contribution in [0.25, 0.3) is 10.9 Å². The summed E-state index contributed by atoms with van der Waals surface area (Å²) >= 11 is 0. The molecule has 1 aliphatic rings. The number of ketones is 1. The minimum atomic E-state index is 0.207. The predicted octanol–water partition coefficient (Wildman–Crippen LogP) is 2.73. The number of hydrogen-bond acceptors (Lipinski definition) is 2. The molecule has 1 N–H and O–H groups in total. The molecule has 3 nitrogen and oxygen atoms in total. The van der Waals surface area contributed by atoms with Crippen molar-refractivity contribution in [2.45, 2.75) is 32.7 Å². The van der Waals surface area contributed by atoms with E-state index in [0.717, 1.165) is 22.2 Å². The summed E-state index contributed by atoms with van der Waals surface area (Å²) in [7, 11) is 2.03. The van der Waals surface area contributed by atoms with E-state index in [0.29, 0.717) is 12.6 Å². The number of hydrogen-bond donors (Lipinski definition) is 1. The van der Waals surface area contributed by atoms with Crippen LogP contribution in [0.1, 0.15) is 34.5 Å². The first kappa shape index (κ1) is 12.4. The Labute approximate surface area is 113 Å². The van der Waals surface area contributed by atoms with Crippen molar-refractivity contribution >= 4 is 16.7 Å². The third kappa shape index (κ3) is 2.19. The number of nitrogens with one attached hydrogen (secondary N) is 1. The van der Waals surface area contributed by atoms with Crippen molar-refractivity contribution in [3.8, 4) is 0 Å². The van der Waals surface area contributed by atoms with Gasteiger partial charge >= 0.3 is 0 Å². The second-order valence-electron chi connectivity index (χ2n) is 5.62. The third-order valence-corrected chi connectivity index (χ3v) is 4.06. The van der Waals surface area contributed by atoms with Gasteiger partial charge in [0.15, 0.2) is 5.78 Å². The zero-order valence-corrected chi connectivity index (χ0v) is 11.8. The number of carbonyl (C=O) groups is 1. The molecule has 2 aromatic rings. The molecule has 0 unspecified atom stereocenters. The van der Waals surface area contributed by atoms with Crippen LogP contribution < -0.4 is 5.32 Å². The van der Waals surface area contributed by atoms with E-state index >= 15 is 0 Å². The van der Waals surface area contributed by atoms with Crippen molar-refractivity contribution < 1.29 is 4.79 Å². The summed E-state index contributed by atoms with van der Waals surface area (Å²) in [6, 6.07) is 6.86. The molecule has 0 radical (unpaired) electrons. The lowest BCUT2D eigenvalue weighted by Gasteiger charge is -2.03. The van der Waals surface area contributed by atoms with Crippen molar-refractivity contribution in [1.29, 1.82) is 0 Å². The largest absolute Gasteiger partial charge is 0.347 e. The highest BCUT2D eigenvalue weighted by atomic mass is 16.1. The Hall–Kier alpha value is -1.61. The Morgan fingerprint density at radius 1 is 1.37 bits per heavy atom. The summed E-state index contributed by atoms with van der Waals surface area (Å²) < 4.78 is 2.12. The van der Waals surface area contributed by atoms with Gasteiger partial charge in [0.25, 0.3) is 0 Å². The third-order valence-electron chi connectivity index (χ3n) is 4.06. The zero-order valence-electron chi connectivity index (χ0n) is 11.8. The van der Waals surface area contributed by atoms with E-state index in [1.54, 1.807) is 0 Å². The van der Waals surface area contributed by atoms with Gasteiger partial charge < -0.3 is 9.88 Å². The molecule has 0 spiro atoms. The summed E-state index contributed by atoms with van der Waals surface area (Å²) in [5.74, 6) is 0.207. The number of nitrogens with zero attached hydrogens (tertiary/aromatic N) is 1. The normalized spacial score (nSPS) is 15.1. The van der Waals surface area contributed by atoms with E-state index < -0.39 is 0 Å². The maximum absolute atomic E-state index is 12.4. The van der Waals surface area contributed by atoms with Gasteiger partial charge in [0, 0.05) is 35.2 Å². The summed E-state index contributed by atoms with van der Waals surface area (Å²) in [6.07, 6.45) is 2.42. The quantitative estimate of drug-likeness (QED) is 0.853. The monoisotopic (exact) mass is 256 g/mol. The fourth-order valence-corrected chi connectivity index (χ4v) is 2.64. The Balaban J connectivity index is 2.01. The van der Waals surface area contributed by atoms with Gasteiger partial charge in [0.05, 0.1) is 6.54 Å². The first-order valence-electron chi connectivity index (χ1n) is 6.90. The molecular formula is C16H20N2O. The molecule has 1 aromatic carbocycles. The van der Waals surface area contributed by atoms with Gasteiger partial charge in [-0.15, -0.1) is 0 Å². The van der Waals surface area contributed by atoms with Crippen molar-refractivity contribution in [3.63, 3.8) is 0 Å². The van der Waals surface area contributed by atoms with Crippen LogP contribution in [-0.4, -0.2) is 22.9 Å². The average Bonchev–Trinajstić information content (AvgIpc) is 3.17. The van der Waals surface area contributed by atoms with Gasteiger partial charge in [-0.3, -0.25) is 4.79 Å². The molecule has 19 heavy (non-hydrogen) atoms. The maximum Gasteiger partial charge on any atom is 0.179 e. The Morgan fingerprint density at radius 3 is 2.79 bits per heavy atom. The smallest absolute Gasteiger partial charge is 0.179 e. The maximum atomic E-state index is 12.4. The van der Waals surface area contributed by atoms with Gasteiger partial charge in [0.2, 0.25) is 0 Å². The lowest BCUT2D eigenvalue weighted by atomic mass is 10.1. The van der Waals surface area contributed by atoms with Gasteiger partial charge in [-0.2, -0.15) is 0 Å². The molecule has 0 aliphatic heterocycles. The number of aromatic nitrogens is 1. The van der Waals surface area contributed by atoms with Gasteiger partial charge in [-0.1, -0.05) is 12.1 Å². The average molecular weight is 256 g/mol. The van der Waals surface area contributed by atoms with Crippen LogP contribution in [0.15, 0.2) is 18.2 Å². The molecule has 1 saturated carbocycles. The predicted molar refractivity (Wildman–Crippen MR) is 77.7 cm³/mol. The number of rotatable bonds is 4. The summed E-state index contributed by atoms with van der Waals surface area (Å²) in [6.45, 7) is 4.57. The second-order valence-corrected chi connectivity index (χ2v) is 5.62. The Kier molecular flexibility index (Phi) is 2.94. The number of fused-ring (bicyclic) bond motifs is 1. The van der Waals surface area contributed by atoms with Crippen LogP contribution in [0.5, 0.6) is 0 Å². The van der Waals surface area contributed by atoms with Crippen molar-refractivity contribution in [2.24, 2.45) is 7.05 Å². The molecule has 0 atom stereocenters. The van der Waals surface area contributed by atoms with Gasteiger partial charge in [-0.05, 0) is 38.3 Å². The van der Waals surface area contributed by atoms with E-state index in [1.165, 1.54) is 18.4 Å².